The van der Waals surface area contributed by atoms with Gasteiger partial charge in [0.05, 0.1) is 0 Å². The molecule has 28 heavy (non-hydrogen) atoms. The summed E-state index contributed by atoms with van der Waals surface area (Å²) in [7, 11) is 0. The molecule has 0 nitrogen and oxygen atoms in total. The zero-order chi connectivity index (χ0) is 18.8. The van der Waals surface area contributed by atoms with Gasteiger partial charge in [-0.15, -0.1) is 22.7 Å². The van der Waals surface area contributed by atoms with Crippen LogP contribution in [-0.4, -0.2) is 0 Å². The number of fused-ring (bicyclic) bond motifs is 6. The lowest BCUT2D eigenvalue weighted by Gasteiger charge is -2.03. The van der Waals surface area contributed by atoms with E-state index in [1.165, 1.54) is 62.6 Å². The molecule has 2 heteroatoms. The summed E-state index contributed by atoms with van der Waals surface area (Å²) in [5.41, 5.74) is 5.24. The van der Waals surface area contributed by atoms with Crippen LogP contribution in [0.3, 0.4) is 0 Å². The molecule has 0 N–H and O–H groups in total. The van der Waals surface area contributed by atoms with Crippen LogP contribution in [0.25, 0.3) is 51.5 Å². The summed E-state index contributed by atoms with van der Waals surface area (Å²) in [6.07, 6.45) is 0. The van der Waals surface area contributed by atoms with Crippen molar-refractivity contribution in [3.05, 3.63) is 83.9 Å². The number of benzene rings is 4. The van der Waals surface area contributed by atoms with Crippen molar-refractivity contribution in [1.29, 1.82) is 0 Å². The Bertz CT molecular complexity index is 1410. The first-order valence-corrected chi connectivity index (χ1v) is 11.2. The Morgan fingerprint density at radius 3 is 1.36 bits per heavy atom. The minimum absolute atomic E-state index is 1.30. The fourth-order valence-electron chi connectivity index (χ4n) is 4.14. The summed E-state index contributed by atoms with van der Waals surface area (Å²) in [5, 5.41) is 5.49. The van der Waals surface area contributed by atoms with E-state index in [-0.39, 0.29) is 0 Å². The zero-order valence-electron chi connectivity index (χ0n) is 15.7. The molecule has 0 unspecified atom stereocenters. The lowest BCUT2D eigenvalue weighted by molar-refractivity contribution is 1.52. The van der Waals surface area contributed by atoms with Gasteiger partial charge in [0.25, 0.3) is 0 Å². The number of hydrogen-bond donors (Lipinski definition) is 0. The van der Waals surface area contributed by atoms with Gasteiger partial charge < -0.3 is 0 Å². The molecule has 2 heterocycles. The van der Waals surface area contributed by atoms with Crippen molar-refractivity contribution >= 4 is 63.0 Å². The molecule has 0 aliphatic heterocycles. The highest BCUT2D eigenvalue weighted by Gasteiger charge is 2.10. The van der Waals surface area contributed by atoms with Gasteiger partial charge in [-0.2, -0.15) is 0 Å². The summed E-state index contributed by atoms with van der Waals surface area (Å²) < 4.78 is 5.47. The largest absolute Gasteiger partial charge is 0.135 e. The third-order valence-electron chi connectivity index (χ3n) is 5.59. The maximum atomic E-state index is 2.36. The van der Waals surface area contributed by atoms with E-state index >= 15 is 0 Å². The lowest BCUT2D eigenvalue weighted by atomic mass is 10.0. The second-order valence-corrected chi connectivity index (χ2v) is 9.79. The summed E-state index contributed by atoms with van der Waals surface area (Å²) in [6, 6.07) is 27.4. The first-order valence-electron chi connectivity index (χ1n) is 9.52. The van der Waals surface area contributed by atoms with Crippen molar-refractivity contribution in [3.8, 4) is 11.1 Å². The molecule has 2 aromatic heterocycles. The number of hydrogen-bond acceptors (Lipinski definition) is 2. The standard InChI is InChI=1S/C26H18S2/c1-15-3-9-23-21(11-15)19-7-5-17(13-25(19)27-23)18-6-8-20-22-12-16(2)4-10-24(22)28-26(20)14-18/h3-14H,1-2H3. The molecular formula is C26H18S2. The van der Waals surface area contributed by atoms with Crippen molar-refractivity contribution in [2.75, 3.05) is 0 Å². The van der Waals surface area contributed by atoms with Gasteiger partial charge in [-0.05, 0) is 61.4 Å². The summed E-state index contributed by atoms with van der Waals surface area (Å²) in [5.74, 6) is 0. The molecule has 6 rings (SSSR count). The van der Waals surface area contributed by atoms with Crippen LogP contribution in [0.1, 0.15) is 11.1 Å². The SMILES string of the molecule is Cc1ccc2sc3cc(-c4ccc5c(c4)sc4ccc(C)cc45)ccc3c2c1. The average Bonchev–Trinajstić information content (AvgIpc) is 3.24. The minimum atomic E-state index is 1.30. The van der Waals surface area contributed by atoms with Gasteiger partial charge in [-0.3, -0.25) is 0 Å². The predicted octanol–water partition coefficient (Wildman–Crippen LogP) is 8.71. The van der Waals surface area contributed by atoms with Gasteiger partial charge in [0.2, 0.25) is 0 Å². The van der Waals surface area contributed by atoms with Crippen LogP contribution < -0.4 is 0 Å². The molecule has 0 radical (unpaired) electrons. The monoisotopic (exact) mass is 394 g/mol. The summed E-state index contributed by atoms with van der Waals surface area (Å²) in [6.45, 7) is 4.33. The highest BCUT2D eigenvalue weighted by molar-refractivity contribution is 7.26. The maximum Gasteiger partial charge on any atom is 0.0361 e. The van der Waals surface area contributed by atoms with E-state index in [0.29, 0.717) is 0 Å². The van der Waals surface area contributed by atoms with Gasteiger partial charge in [-0.25, -0.2) is 0 Å². The third kappa shape index (κ3) is 2.42. The Labute approximate surface area is 171 Å². The maximum absolute atomic E-state index is 2.36. The van der Waals surface area contributed by atoms with Gasteiger partial charge in [-0.1, -0.05) is 47.5 Å². The summed E-state index contributed by atoms with van der Waals surface area (Å²) in [4.78, 5) is 0. The fraction of sp³-hybridized carbons (Fsp3) is 0.0769. The van der Waals surface area contributed by atoms with Crippen LogP contribution in [0, 0.1) is 13.8 Å². The molecule has 0 saturated carbocycles. The van der Waals surface area contributed by atoms with Crippen molar-refractivity contribution in [1.82, 2.24) is 0 Å². The Morgan fingerprint density at radius 2 is 0.893 bits per heavy atom. The van der Waals surface area contributed by atoms with E-state index in [2.05, 4.69) is 86.6 Å². The Kier molecular flexibility index (Phi) is 3.44. The average molecular weight is 395 g/mol. The summed E-state index contributed by atoms with van der Waals surface area (Å²) >= 11 is 3.78. The number of rotatable bonds is 1. The molecule has 0 aliphatic carbocycles. The first-order chi connectivity index (χ1) is 13.7. The fourth-order valence-corrected chi connectivity index (χ4v) is 6.39. The molecule has 0 aliphatic rings. The van der Waals surface area contributed by atoms with Gasteiger partial charge in [0, 0.05) is 40.3 Å². The lowest BCUT2D eigenvalue weighted by Crippen LogP contribution is -1.77. The minimum Gasteiger partial charge on any atom is -0.135 e. The third-order valence-corrected chi connectivity index (χ3v) is 7.85. The Balaban J connectivity index is 1.54. The molecule has 0 fully saturated rings. The van der Waals surface area contributed by atoms with Crippen LogP contribution in [0.4, 0.5) is 0 Å². The first kappa shape index (κ1) is 16.3. The van der Waals surface area contributed by atoms with Crippen LogP contribution >= 0.6 is 22.7 Å². The van der Waals surface area contributed by atoms with E-state index in [4.69, 9.17) is 0 Å². The topological polar surface area (TPSA) is 0 Å². The molecule has 0 atom stereocenters. The highest BCUT2D eigenvalue weighted by atomic mass is 32.1. The zero-order valence-corrected chi connectivity index (χ0v) is 17.4. The molecule has 0 saturated heterocycles. The second-order valence-electron chi connectivity index (χ2n) is 7.63. The van der Waals surface area contributed by atoms with E-state index < -0.39 is 0 Å². The van der Waals surface area contributed by atoms with E-state index in [1.807, 2.05) is 22.7 Å². The van der Waals surface area contributed by atoms with E-state index in [1.54, 1.807) is 0 Å². The molecule has 0 amide bonds. The molecule has 4 aromatic carbocycles. The quantitative estimate of drug-likeness (QED) is 0.261. The number of aryl methyl sites for hydroxylation is 2. The predicted molar refractivity (Wildman–Crippen MR) is 127 cm³/mol. The van der Waals surface area contributed by atoms with Crippen LogP contribution in [0.2, 0.25) is 0 Å². The van der Waals surface area contributed by atoms with Crippen molar-refractivity contribution in [2.45, 2.75) is 13.8 Å². The Morgan fingerprint density at radius 1 is 0.429 bits per heavy atom. The molecule has 0 spiro atoms. The highest BCUT2D eigenvalue weighted by Crippen LogP contribution is 2.39. The molecule has 134 valence electrons. The number of thiophene rings is 2. The Hall–Kier alpha value is -2.68. The van der Waals surface area contributed by atoms with Gasteiger partial charge in [0.15, 0.2) is 0 Å². The second kappa shape index (κ2) is 5.91. The van der Waals surface area contributed by atoms with Crippen molar-refractivity contribution in [2.24, 2.45) is 0 Å². The molecular weight excluding hydrogens is 376 g/mol. The van der Waals surface area contributed by atoms with Crippen LogP contribution in [0.5, 0.6) is 0 Å². The van der Waals surface area contributed by atoms with Crippen molar-refractivity contribution < 1.29 is 0 Å². The molecule has 6 aromatic rings. The van der Waals surface area contributed by atoms with Gasteiger partial charge in [0.1, 0.15) is 0 Å². The van der Waals surface area contributed by atoms with E-state index in [9.17, 15) is 0 Å². The van der Waals surface area contributed by atoms with Crippen molar-refractivity contribution in [3.63, 3.8) is 0 Å². The van der Waals surface area contributed by atoms with Crippen LogP contribution in [0.15, 0.2) is 72.8 Å². The normalized spacial score (nSPS) is 11.9. The smallest absolute Gasteiger partial charge is 0.0361 e. The van der Waals surface area contributed by atoms with Gasteiger partial charge >= 0.3 is 0 Å². The molecule has 0 bridgehead atoms. The van der Waals surface area contributed by atoms with Crippen LogP contribution in [-0.2, 0) is 0 Å². The van der Waals surface area contributed by atoms with E-state index in [0.717, 1.165) is 0 Å².